The quantitative estimate of drug-likeness (QED) is 0.578. The first-order valence-corrected chi connectivity index (χ1v) is 12.2. The van der Waals surface area contributed by atoms with Crippen LogP contribution in [0.1, 0.15) is 23.2 Å². The van der Waals surface area contributed by atoms with Crippen molar-refractivity contribution in [3.05, 3.63) is 90.5 Å². The highest BCUT2D eigenvalue weighted by Crippen LogP contribution is 2.22. The van der Waals surface area contributed by atoms with Gasteiger partial charge in [-0.1, -0.05) is 36.4 Å². The normalized spacial score (nSPS) is 14.5. The van der Waals surface area contributed by atoms with E-state index in [-0.39, 0.29) is 22.6 Å². The van der Waals surface area contributed by atoms with Crippen LogP contribution in [-0.2, 0) is 14.8 Å². The molecule has 0 spiro atoms. The van der Waals surface area contributed by atoms with Crippen molar-refractivity contribution in [1.82, 2.24) is 4.90 Å². The molecule has 1 aliphatic heterocycles. The van der Waals surface area contributed by atoms with E-state index < -0.39 is 10.0 Å². The van der Waals surface area contributed by atoms with Crippen LogP contribution >= 0.6 is 0 Å². The van der Waals surface area contributed by atoms with Crippen LogP contribution < -0.4 is 10.0 Å². The zero-order chi connectivity index (χ0) is 23.3. The molecule has 1 fully saturated rings. The Kier molecular flexibility index (Phi) is 6.74. The molecule has 170 valence electrons. The number of hydrogen-bond acceptors (Lipinski definition) is 4. The first-order chi connectivity index (χ1) is 15.9. The molecule has 0 bridgehead atoms. The number of sulfonamides is 1. The Balaban J connectivity index is 1.32. The number of anilines is 2. The highest BCUT2D eigenvalue weighted by molar-refractivity contribution is 7.92. The van der Waals surface area contributed by atoms with Crippen molar-refractivity contribution in [3.63, 3.8) is 0 Å². The summed E-state index contributed by atoms with van der Waals surface area (Å²) in [6.07, 6.45) is 1.19. The molecule has 7 nitrogen and oxygen atoms in total. The largest absolute Gasteiger partial charge is 0.339 e. The summed E-state index contributed by atoms with van der Waals surface area (Å²) >= 11 is 0. The van der Waals surface area contributed by atoms with Crippen LogP contribution in [0.5, 0.6) is 0 Å². The average Bonchev–Trinajstić information content (AvgIpc) is 2.85. The van der Waals surface area contributed by atoms with Gasteiger partial charge in [-0.25, -0.2) is 8.42 Å². The van der Waals surface area contributed by atoms with Crippen molar-refractivity contribution >= 4 is 33.2 Å². The van der Waals surface area contributed by atoms with Gasteiger partial charge in [0, 0.05) is 35.9 Å². The van der Waals surface area contributed by atoms with Crippen molar-refractivity contribution in [2.24, 2.45) is 5.92 Å². The number of nitrogens with one attached hydrogen (secondary N) is 2. The van der Waals surface area contributed by atoms with Crippen molar-refractivity contribution in [1.29, 1.82) is 0 Å². The fourth-order valence-electron chi connectivity index (χ4n) is 3.79. The van der Waals surface area contributed by atoms with E-state index in [9.17, 15) is 18.0 Å². The molecular weight excluding hydrogens is 438 g/mol. The van der Waals surface area contributed by atoms with Crippen molar-refractivity contribution < 1.29 is 18.0 Å². The van der Waals surface area contributed by atoms with E-state index in [1.54, 1.807) is 47.4 Å². The number of carbonyl (C=O) groups is 2. The van der Waals surface area contributed by atoms with Gasteiger partial charge in [-0.05, 0) is 61.4 Å². The van der Waals surface area contributed by atoms with Gasteiger partial charge in [0.1, 0.15) is 0 Å². The summed E-state index contributed by atoms with van der Waals surface area (Å²) < 4.78 is 27.4. The number of amides is 2. The van der Waals surface area contributed by atoms with E-state index in [1.807, 2.05) is 30.3 Å². The number of carbonyl (C=O) groups excluding carboxylic acids is 2. The number of nitrogens with zero attached hydrogens (tertiary/aromatic N) is 1. The van der Waals surface area contributed by atoms with Crippen molar-refractivity contribution in [2.45, 2.75) is 17.7 Å². The molecule has 8 heteroatoms. The van der Waals surface area contributed by atoms with Gasteiger partial charge < -0.3 is 10.2 Å². The summed E-state index contributed by atoms with van der Waals surface area (Å²) in [5.74, 6) is -0.290. The Morgan fingerprint density at radius 3 is 1.94 bits per heavy atom. The van der Waals surface area contributed by atoms with Crippen LogP contribution in [0.15, 0.2) is 89.8 Å². The minimum absolute atomic E-state index is 0.0247. The number of benzene rings is 3. The Labute approximate surface area is 193 Å². The molecule has 1 saturated heterocycles. The first kappa shape index (κ1) is 22.5. The molecule has 1 heterocycles. The predicted molar refractivity (Wildman–Crippen MR) is 127 cm³/mol. The number of rotatable bonds is 6. The molecule has 3 aromatic carbocycles. The second kappa shape index (κ2) is 9.87. The fourth-order valence-corrected chi connectivity index (χ4v) is 4.87. The molecule has 0 unspecified atom stereocenters. The minimum atomic E-state index is -3.69. The van der Waals surface area contributed by atoms with Gasteiger partial charge in [0.05, 0.1) is 4.90 Å². The monoisotopic (exact) mass is 463 g/mol. The van der Waals surface area contributed by atoms with Gasteiger partial charge in [-0.15, -0.1) is 0 Å². The number of hydrogen-bond donors (Lipinski definition) is 2. The summed E-state index contributed by atoms with van der Waals surface area (Å²) in [6, 6.07) is 23.8. The zero-order valence-corrected chi connectivity index (χ0v) is 18.8. The molecular formula is C25H25N3O4S. The highest BCUT2D eigenvalue weighted by atomic mass is 32.2. The van der Waals surface area contributed by atoms with Gasteiger partial charge >= 0.3 is 0 Å². The van der Waals surface area contributed by atoms with Gasteiger partial charge in [0.15, 0.2) is 0 Å². The standard InChI is InChI=1S/C25H25N3O4S/c29-24(26-21-7-3-1-4-8-21)19-15-17-28(18-16-19)25(30)20-11-13-22(14-12-20)27-33(31,32)23-9-5-2-6-10-23/h1-14,19,27H,15-18H2,(H,26,29). The Morgan fingerprint density at radius 2 is 1.33 bits per heavy atom. The van der Waals surface area contributed by atoms with E-state index in [2.05, 4.69) is 10.0 Å². The van der Waals surface area contributed by atoms with Crippen LogP contribution in [0.3, 0.4) is 0 Å². The maximum atomic E-state index is 12.9. The Morgan fingerprint density at radius 1 is 0.758 bits per heavy atom. The lowest BCUT2D eigenvalue weighted by Crippen LogP contribution is -2.41. The average molecular weight is 464 g/mol. The lowest BCUT2D eigenvalue weighted by Gasteiger charge is -2.31. The summed E-state index contributed by atoms with van der Waals surface area (Å²) in [6.45, 7) is 0.988. The molecule has 0 atom stereocenters. The van der Waals surface area contributed by atoms with Crippen LogP contribution in [0.4, 0.5) is 11.4 Å². The van der Waals surface area contributed by atoms with E-state index in [0.717, 1.165) is 5.69 Å². The smallest absolute Gasteiger partial charge is 0.261 e. The molecule has 33 heavy (non-hydrogen) atoms. The van der Waals surface area contributed by atoms with E-state index in [4.69, 9.17) is 0 Å². The van der Waals surface area contributed by atoms with Gasteiger partial charge in [0.2, 0.25) is 5.91 Å². The molecule has 0 aliphatic carbocycles. The van der Waals surface area contributed by atoms with Crippen molar-refractivity contribution in [2.75, 3.05) is 23.1 Å². The van der Waals surface area contributed by atoms with Crippen LogP contribution in [0.25, 0.3) is 0 Å². The number of para-hydroxylation sites is 1. The number of likely N-dealkylation sites (tertiary alicyclic amines) is 1. The van der Waals surface area contributed by atoms with Gasteiger partial charge in [-0.3, -0.25) is 14.3 Å². The molecule has 2 amide bonds. The van der Waals surface area contributed by atoms with Crippen LogP contribution in [-0.4, -0.2) is 38.2 Å². The fraction of sp³-hybridized carbons (Fsp3) is 0.200. The van der Waals surface area contributed by atoms with Crippen LogP contribution in [0, 0.1) is 5.92 Å². The van der Waals surface area contributed by atoms with E-state index >= 15 is 0 Å². The predicted octanol–water partition coefficient (Wildman–Crippen LogP) is 3.98. The molecule has 2 N–H and O–H groups in total. The van der Waals surface area contributed by atoms with E-state index in [0.29, 0.717) is 37.2 Å². The molecule has 0 saturated carbocycles. The third-order valence-corrected chi connectivity index (χ3v) is 7.03. The summed E-state index contributed by atoms with van der Waals surface area (Å²) in [5.41, 5.74) is 1.63. The molecule has 1 aliphatic rings. The first-order valence-electron chi connectivity index (χ1n) is 10.8. The maximum Gasteiger partial charge on any atom is 0.261 e. The second-order valence-corrected chi connectivity index (χ2v) is 9.60. The van der Waals surface area contributed by atoms with Crippen molar-refractivity contribution in [3.8, 4) is 0 Å². The summed E-state index contributed by atoms with van der Waals surface area (Å²) in [5, 5.41) is 2.93. The topological polar surface area (TPSA) is 95.6 Å². The van der Waals surface area contributed by atoms with Crippen LogP contribution in [0.2, 0.25) is 0 Å². The second-order valence-electron chi connectivity index (χ2n) is 7.92. The Bertz CT molecular complexity index is 1210. The Hall–Kier alpha value is -3.65. The lowest BCUT2D eigenvalue weighted by molar-refractivity contribution is -0.121. The zero-order valence-electron chi connectivity index (χ0n) is 18.0. The third kappa shape index (κ3) is 5.59. The molecule has 3 aromatic rings. The minimum Gasteiger partial charge on any atom is -0.339 e. The van der Waals surface area contributed by atoms with Gasteiger partial charge in [-0.2, -0.15) is 0 Å². The summed E-state index contributed by atoms with van der Waals surface area (Å²) in [4.78, 5) is 27.3. The maximum absolute atomic E-state index is 12.9. The highest BCUT2D eigenvalue weighted by Gasteiger charge is 2.28. The molecule has 0 radical (unpaired) electrons. The SMILES string of the molecule is O=C(Nc1ccccc1)C1CCN(C(=O)c2ccc(NS(=O)(=O)c3ccccc3)cc2)CC1. The summed E-state index contributed by atoms with van der Waals surface area (Å²) in [7, 11) is -3.69. The van der Waals surface area contributed by atoms with Gasteiger partial charge in [0.25, 0.3) is 15.9 Å². The van der Waals surface area contributed by atoms with E-state index in [1.165, 1.54) is 12.1 Å². The molecule has 0 aromatic heterocycles. The number of piperidine rings is 1. The lowest BCUT2D eigenvalue weighted by atomic mass is 9.95. The third-order valence-electron chi connectivity index (χ3n) is 5.63. The molecule has 4 rings (SSSR count).